The maximum atomic E-state index is 5.59. The Bertz CT molecular complexity index is 640. The summed E-state index contributed by atoms with van der Waals surface area (Å²) in [5.41, 5.74) is 8.42. The van der Waals surface area contributed by atoms with Gasteiger partial charge in [-0.25, -0.2) is 15.8 Å². The molecule has 0 bridgehead atoms. The minimum absolute atomic E-state index is 0.755. The van der Waals surface area contributed by atoms with Gasteiger partial charge in [0.15, 0.2) is 5.82 Å². The molecule has 0 saturated carbocycles. The Hall–Kier alpha value is -1.59. The second-order valence-corrected chi connectivity index (χ2v) is 5.76. The summed E-state index contributed by atoms with van der Waals surface area (Å²) in [5, 5.41) is 0. The Kier molecular flexibility index (Phi) is 3.16. The van der Waals surface area contributed by atoms with Crippen LogP contribution in [0.15, 0.2) is 18.2 Å². The summed E-state index contributed by atoms with van der Waals surface area (Å²) in [4.78, 5) is 9.28. The Balaban J connectivity index is 2.18. The highest BCUT2D eigenvalue weighted by atomic mass is 32.2. The molecule has 0 fully saturated rings. The van der Waals surface area contributed by atoms with Gasteiger partial charge in [-0.15, -0.1) is 0 Å². The van der Waals surface area contributed by atoms with Crippen molar-refractivity contribution in [3.63, 3.8) is 0 Å². The molecule has 19 heavy (non-hydrogen) atoms. The zero-order chi connectivity index (χ0) is 13.4. The van der Waals surface area contributed by atoms with Crippen molar-refractivity contribution in [2.24, 2.45) is 5.84 Å². The van der Waals surface area contributed by atoms with Gasteiger partial charge in [0.25, 0.3) is 0 Å². The first kappa shape index (κ1) is 12.4. The molecule has 1 aromatic heterocycles. The van der Waals surface area contributed by atoms with Crippen LogP contribution in [-0.2, 0) is 11.5 Å². The second-order valence-electron chi connectivity index (χ2n) is 4.78. The Morgan fingerprint density at radius 3 is 2.84 bits per heavy atom. The van der Waals surface area contributed by atoms with Crippen molar-refractivity contribution >= 4 is 17.6 Å². The summed E-state index contributed by atoms with van der Waals surface area (Å²) in [7, 11) is 0. The number of anilines is 1. The molecule has 0 saturated heterocycles. The smallest absolute Gasteiger partial charge is 0.162 e. The van der Waals surface area contributed by atoms with Gasteiger partial charge >= 0.3 is 0 Å². The van der Waals surface area contributed by atoms with E-state index in [0.29, 0.717) is 0 Å². The lowest BCUT2D eigenvalue weighted by Crippen LogP contribution is -2.13. The molecule has 3 rings (SSSR count). The highest BCUT2D eigenvalue weighted by Gasteiger charge is 2.20. The molecule has 0 radical (unpaired) electrons. The van der Waals surface area contributed by atoms with Gasteiger partial charge in [-0.2, -0.15) is 11.8 Å². The van der Waals surface area contributed by atoms with Gasteiger partial charge in [-0.05, 0) is 25.5 Å². The zero-order valence-corrected chi connectivity index (χ0v) is 11.8. The molecule has 2 aromatic rings. The fourth-order valence-corrected chi connectivity index (χ4v) is 3.31. The van der Waals surface area contributed by atoms with Crippen molar-refractivity contribution in [3.8, 4) is 11.4 Å². The fraction of sp³-hybridized carbons (Fsp3) is 0.286. The van der Waals surface area contributed by atoms with Crippen molar-refractivity contribution in [1.29, 1.82) is 0 Å². The molecular formula is C14H16N4S. The maximum Gasteiger partial charge on any atom is 0.162 e. The van der Waals surface area contributed by atoms with Crippen LogP contribution in [0.3, 0.4) is 0 Å². The second kappa shape index (κ2) is 4.83. The zero-order valence-electron chi connectivity index (χ0n) is 11.0. The van der Waals surface area contributed by atoms with E-state index in [9.17, 15) is 0 Å². The summed E-state index contributed by atoms with van der Waals surface area (Å²) >= 11 is 1.85. The van der Waals surface area contributed by atoms with E-state index in [1.165, 1.54) is 11.1 Å². The Morgan fingerprint density at radius 1 is 1.21 bits per heavy atom. The number of rotatable bonds is 2. The highest BCUT2D eigenvalue weighted by Crippen LogP contribution is 2.34. The number of fused-ring (bicyclic) bond motifs is 1. The van der Waals surface area contributed by atoms with E-state index >= 15 is 0 Å². The molecular weight excluding hydrogens is 256 g/mol. The number of nitrogens with one attached hydrogen (secondary N) is 1. The minimum atomic E-state index is 0.755. The van der Waals surface area contributed by atoms with Crippen molar-refractivity contribution < 1.29 is 0 Å². The summed E-state index contributed by atoms with van der Waals surface area (Å²) in [6, 6.07) is 6.33. The van der Waals surface area contributed by atoms with Crippen LogP contribution in [0.4, 0.5) is 5.82 Å². The third kappa shape index (κ3) is 2.19. The number of aryl methyl sites for hydroxylation is 2. The van der Waals surface area contributed by atoms with E-state index in [1.54, 1.807) is 0 Å². The number of hydrogen-bond acceptors (Lipinski definition) is 5. The number of benzene rings is 1. The van der Waals surface area contributed by atoms with Gasteiger partial charge in [0.2, 0.25) is 0 Å². The van der Waals surface area contributed by atoms with E-state index in [2.05, 4.69) is 42.5 Å². The monoisotopic (exact) mass is 272 g/mol. The van der Waals surface area contributed by atoms with Crippen LogP contribution in [-0.4, -0.2) is 9.97 Å². The van der Waals surface area contributed by atoms with Crippen molar-refractivity contribution in [2.45, 2.75) is 25.4 Å². The number of aromatic nitrogens is 2. The van der Waals surface area contributed by atoms with Gasteiger partial charge in [0.05, 0.1) is 5.69 Å². The summed E-state index contributed by atoms with van der Waals surface area (Å²) in [6.45, 7) is 4.16. The van der Waals surface area contributed by atoms with Crippen LogP contribution in [0.25, 0.3) is 11.4 Å². The summed E-state index contributed by atoms with van der Waals surface area (Å²) in [6.07, 6.45) is 0. The molecule has 1 aromatic carbocycles. The molecule has 0 unspecified atom stereocenters. The first-order valence-electron chi connectivity index (χ1n) is 6.21. The lowest BCUT2D eigenvalue weighted by molar-refractivity contribution is 1.06. The number of hydrogen-bond donors (Lipinski definition) is 2. The van der Waals surface area contributed by atoms with E-state index in [-0.39, 0.29) is 0 Å². The van der Waals surface area contributed by atoms with Gasteiger partial charge in [0, 0.05) is 22.6 Å². The lowest BCUT2D eigenvalue weighted by atomic mass is 10.0. The average Bonchev–Trinajstić information content (AvgIpc) is 2.88. The van der Waals surface area contributed by atoms with Gasteiger partial charge < -0.3 is 5.43 Å². The number of hydrazine groups is 1. The molecule has 1 aliphatic heterocycles. The first-order valence-corrected chi connectivity index (χ1v) is 7.36. The molecule has 5 heteroatoms. The SMILES string of the molecule is Cc1ccc(C)c(-c2nc3c(c(NN)n2)CSC3)c1. The van der Waals surface area contributed by atoms with Crippen LogP contribution in [0.1, 0.15) is 22.4 Å². The van der Waals surface area contributed by atoms with Crippen molar-refractivity contribution in [3.05, 3.63) is 40.6 Å². The van der Waals surface area contributed by atoms with Crippen LogP contribution in [0.2, 0.25) is 0 Å². The molecule has 98 valence electrons. The van der Waals surface area contributed by atoms with Crippen LogP contribution in [0, 0.1) is 13.8 Å². The molecule has 0 aliphatic carbocycles. The molecule has 0 spiro atoms. The number of nitrogens with two attached hydrogens (primary N) is 1. The van der Waals surface area contributed by atoms with Gasteiger partial charge in [0.1, 0.15) is 5.82 Å². The fourth-order valence-electron chi connectivity index (χ4n) is 2.27. The van der Waals surface area contributed by atoms with Crippen molar-refractivity contribution in [1.82, 2.24) is 9.97 Å². The number of nitrogen functional groups attached to an aromatic ring is 1. The Morgan fingerprint density at radius 2 is 2.05 bits per heavy atom. The molecule has 1 aliphatic rings. The first-order chi connectivity index (χ1) is 9.19. The van der Waals surface area contributed by atoms with Crippen molar-refractivity contribution in [2.75, 3.05) is 5.43 Å². The minimum Gasteiger partial charge on any atom is -0.308 e. The number of thioether (sulfide) groups is 1. The van der Waals surface area contributed by atoms with E-state index in [0.717, 1.165) is 40.0 Å². The molecule has 4 nitrogen and oxygen atoms in total. The predicted octanol–water partition coefficient (Wildman–Crippen LogP) is 2.79. The molecule has 0 amide bonds. The summed E-state index contributed by atoms with van der Waals surface area (Å²) < 4.78 is 0. The van der Waals surface area contributed by atoms with E-state index in [4.69, 9.17) is 10.8 Å². The molecule has 2 heterocycles. The third-order valence-corrected chi connectivity index (χ3v) is 4.32. The predicted molar refractivity (Wildman–Crippen MR) is 79.8 cm³/mol. The highest BCUT2D eigenvalue weighted by molar-refractivity contribution is 7.98. The largest absolute Gasteiger partial charge is 0.308 e. The van der Waals surface area contributed by atoms with E-state index in [1.807, 2.05) is 11.8 Å². The third-order valence-electron chi connectivity index (χ3n) is 3.35. The van der Waals surface area contributed by atoms with Gasteiger partial charge in [-0.1, -0.05) is 17.7 Å². The Labute approximate surface area is 116 Å². The number of nitrogens with zero attached hydrogens (tertiary/aromatic N) is 2. The van der Waals surface area contributed by atoms with Crippen LogP contribution < -0.4 is 11.3 Å². The lowest BCUT2D eigenvalue weighted by Gasteiger charge is -2.11. The maximum absolute atomic E-state index is 5.59. The van der Waals surface area contributed by atoms with Crippen LogP contribution >= 0.6 is 11.8 Å². The summed E-state index contributed by atoms with van der Waals surface area (Å²) in [5.74, 6) is 8.97. The normalized spacial score (nSPS) is 13.4. The van der Waals surface area contributed by atoms with Gasteiger partial charge in [-0.3, -0.25) is 0 Å². The topological polar surface area (TPSA) is 63.8 Å². The van der Waals surface area contributed by atoms with Crippen LogP contribution in [0.5, 0.6) is 0 Å². The molecule has 3 N–H and O–H groups in total. The van der Waals surface area contributed by atoms with E-state index < -0.39 is 0 Å². The molecule has 0 atom stereocenters. The quantitative estimate of drug-likeness (QED) is 0.650. The standard InChI is InChI=1S/C14H16N4S/c1-8-3-4-9(2)10(5-8)13-16-12-7-19-6-11(12)14(17-13)18-15/h3-5H,6-7,15H2,1-2H3,(H,16,17,18). The average molecular weight is 272 g/mol.